The normalized spacial score (nSPS) is 13.3. The molecule has 0 spiro atoms. The zero-order valence-electron chi connectivity index (χ0n) is 8.37. The van der Waals surface area contributed by atoms with Crippen molar-refractivity contribution in [1.29, 1.82) is 0 Å². The largest absolute Gasteiger partial charge is 0.472 e. The van der Waals surface area contributed by atoms with Gasteiger partial charge in [-0.2, -0.15) is 0 Å². The quantitative estimate of drug-likeness (QED) is 0.560. The molecule has 3 heteroatoms. The molecule has 0 bridgehead atoms. The molecule has 0 aliphatic rings. The van der Waals surface area contributed by atoms with E-state index in [1.54, 1.807) is 12.5 Å². The van der Waals surface area contributed by atoms with Gasteiger partial charge < -0.3 is 10.2 Å². The Hall–Kier alpha value is -1.25. The summed E-state index contributed by atoms with van der Waals surface area (Å²) in [6, 6.07) is 1.89. The van der Waals surface area contributed by atoms with Crippen LogP contribution in [-0.4, -0.2) is 5.84 Å². The fraction of sp³-hybridized carbons (Fsp3) is 0.500. The molecule has 1 aromatic heterocycles. The van der Waals surface area contributed by atoms with Crippen molar-refractivity contribution in [2.75, 3.05) is 0 Å². The minimum Gasteiger partial charge on any atom is -0.472 e. The highest BCUT2D eigenvalue weighted by Crippen LogP contribution is 2.13. The molecule has 1 aromatic rings. The molecule has 0 atom stereocenters. The molecule has 0 aliphatic heterocycles. The molecular weight excluding hydrogens is 164 g/mol. The number of furan rings is 1. The van der Waals surface area contributed by atoms with Gasteiger partial charge in [-0.1, -0.05) is 20.8 Å². The second-order valence-corrected chi connectivity index (χ2v) is 4.08. The molecule has 13 heavy (non-hydrogen) atoms. The Bertz CT molecular complexity index is 280. The van der Waals surface area contributed by atoms with Crippen molar-refractivity contribution in [2.24, 2.45) is 16.1 Å². The van der Waals surface area contributed by atoms with Crippen molar-refractivity contribution >= 4 is 5.84 Å². The highest BCUT2D eigenvalue weighted by molar-refractivity contribution is 5.85. The van der Waals surface area contributed by atoms with Crippen LogP contribution in [0, 0.1) is 5.41 Å². The van der Waals surface area contributed by atoms with Gasteiger partial charge in [0.1, 0.15) is 0 Å². The molecule has 3 nitrogen and oxygen atoms in total. The zero-order valence-corrected chi connectivity index (χ0v) is 8.37. The first kappa shape index (κ1) is 9.84. The van der Waals surface area contributed by atoms with Gasteiger partial charge >= 0.3 is 0 Å². The van der Waals surface area contributed by atoms with Gasteiger partial charge in [-0.3, -0.25) is 4.99 Å². The van der Waals surface area contributed by atoms with Gasteiger partial charge in [0.15, 0.2) is 0 Å². The van der Waals surface area contributed by atoms with Crippen molar-refractivity contribution in [3.8, 4) is 0 Å². The summed E-state index contributed by atoms with van der Waals surface area (Å²) >= 11 is 0. The lowest BCUT2D eigenvalue weighted by molar-refractivity contribution is 0.562. The van der Waals surface area contributed by atoms with Gasteiger partial charge in [0.05, 0.1) is 24.9 Å². The monoisotopic (exact) mass is 180 g/mol. The fourth-order valence-corrected chi connectivity index (χ4v) is 0.796. The van der Waals surface area contributed by atoms with Crippen LogP contribution >= 0.6 is 0 Å². The number of rotatable bonds is 2. The fourth-order valence-electron chi connectivity index (χ4n) is 0.796. The van der Waals surface area contributed by atoms with E-state index >= 15 is 0 Å². The SMILES string of the molecule is CC(C)(C)C(N)=NCc1ccoc1. The average molecular weight is 180 g/mol. The van der Waals surface area contributed by atoms with Gasteiger partial charge in [0.2, 0.25) is 0 Å². The lowest BCUT2D eigenvalue weighted by atomic mass is 9.95. The summed E-state index contributed by atoms with van der Waals surface area (Å²) in [7, 11) is 0. The maximum Gasteiger partial charge on any atom is 0.0995 e. The van der Waals surface area contributed by atoms with E-state index in [1.807, 2.05) is 26.8 Å². The van der Waals surface area contributed by atoms with Crippen molar-refractivity contribution in [1.82, 2.24) is 0 Å². The van der Waals surface area contributed by atoms with Crippen LogP contribution in [0.1, 0.15) is 26.3 Å². The van der Waals surface area contributed by atoms with Crippen LogP contribution in [0.3, 0.4) is 0 Å². The molecule has 0 saturated carbocycles. The van der Waals surface area contributed by atoms with Crippen LogP contribution in [0.15, 0.2) is 28.0 Å². The third-order valence-electron chi connectivity index (χ3n) is 1.78. The van der Waals surface area contributed by atoms with Crippen LogP contribution in [0.25, 0.3) is 0 Å². The Kier molecular flexibility index (Phi) is 2.76. The molecule has 0 fully saturated rings. The average Bonchev–Trinajstić information content (AvgIpc) is 2.50. The van der Waals surface area contributed by atoms with Crippen LogP contribution in [-0.2, 0) is 6.54 Å². The van der Waals surface area contributed by atoms with Crippen LogP contribution < -0.4 is 5.73 Å². The molecule has 0 radical (unpaired) electrons. The molecule has 1 heterocycles. The van der Waals surface area contributed by atoms with Gasteiger partial charge in [0, 0.05) is 11.0 Å². The summed E-state index contributed by atoms with van der Waals surface area (Å²) in [6.45, 7) is 6.73. The zero-order chi connectivity index (χ0) is 9.90. The number of hydrogen-bond donors (Lipinski definition) is 1. The summed E-state index contributed by atoms with van der Waals surface area (Å²) in [4.78, 5) is 4.27. The van der Waals surface area contributed by atoms with Crippen molar-refractivity contribution in [3.63, 3.8) is 0 Å². The van der Waals surface area contributed by atoms with E-state index in [0.717, 1.165) is 5.56 Å². The van der Waals surface area contributed by atoms with Gasteiger partial charge in [-0.25, -0.2) is 0 Å². The highest BCUT2D eigenvalue weighted by Gasteiger charge is 2.14. The molecule has 0 aliphatic carbocycles. The lowest BCUT2D eigenvalue weighted by Gasteiger charge is -2.16. The molecule has 0 aromatic carbocycles. The van der Waals surface area contributed by atoms with Crippen LogP contribution in [0.5, 0.6) is 0 Å². The summed E-state index contributed by atoms with van der Waals surface area (Å²) in [5, 5.41) is 0. The molecule has 0 saturated heterocycles. The van der Waals surface area contributed by atoms with E-state index < -0.39 is 0 Å². The second-order valence-electron chi connectivity index (χ2n) is 4.08. The Morgan fingerprint density at radius 2 is 2.23 bits per heavy atom. The molecule has 1 rings (SSSR count). The van der Waals surface area contributed by atoms with E-state index in [1.165, 1.54) is 0 Å². The van der Waals surface area contributed by atoms with Crippen molar-refractivity contribution in [3.05, 3.63) is 24.2 Å². The number of nitrogens with two attached hydrogens (primary N) is 1. The van der Waals surface area contributed by atoms with E-state index in [-0.39, 0.29) is 5.41 Å². The first-order valence-corrected chi connectivity index (χ1v) is 4.31. The predicted octanol–water partition coefficient (Wildman–Crippen LogP) is 2.18. The Morgan fingerprint density at radius 1 is 1.54 bits per heavy atom. The highest BCUT2D eigenvalue weighted by atomic mass is 16.3. The van der Waals surface area contributed by atoms with E-state index in [4.69, 9.17) is 10.2 Å². The van der Waals surface area contributed by atoms with Crippen LogP contribution in [0.4, 0.5) is 0 Å². The number of aliphatic imine (C=N–C) groups is 1. The smallest absolute Gasteiger partial charge is 0.0995 e. The van der Waals surface area contributed by atoms with Gasteiger partial charge in [0.25, 0.3) is 0 Å². The lowest BCUT2D eigenvalue weighted by Crippen LogP contribution is -2.28. The van der Waals surface area contributed by atoms with E-state index in [9.17, 15) is 0 Å². The minimum atomic E-state index is -0.0518. The summed E-state index contributed by atoms with van der Waals surface area (Å²) < 4.78 is 4.92. The Balaban J connectivity index is 2.59. The summed E-state index contributed by atoms with van der Waals surface area (Å²) in [5.74, 6) is 0.675. The first-order valence-electron chi connectivity index (χ1n) is 4.31. The summed E-state index contributed by atoms with van der Waals surface area (Å²) in [6.07, 6.45) is 3.32. The topological polar surface area (TPSA) is 51.5 Å². The predicted molar refractivity (Wildman–Crippen MR) is 53.5 cm³/mol. The minimum absolute atomic E-state index is 0.0518. The molecule has 2 N–H and O–H groups in total. The molecule has 72 valence electrons. The Morgan fingerprint density at radius 3 is 2.69 bits per heavy atom. The Labute approximate surface area is 78.7 Å². The first-order chi connectivity index (χ1) is 6.00. The molecule has 0 amide bonds. The summed E-state index contributed by atoms with van der Waals surface area (Å²) in [5.41, 5.74) is 6.78. The third-order valence-corrected chi connectivity index (χ3v) is 1.78. The second kappa shape index (κ2) is 3.64. The number of nitrogens with zero attached hydrogens (tertiary/aromatic N) is 1. The van der Waals surface area contributed by atoms with E-state index in [2.05, 4.69) is 4.99 Å². The van der Waals surface area contributed by atoms with Crippen molar-refractivity contribution in [2.45, 2.75) is 27.3 Å². The molecular formula is C10H16N2O. The van der Waals surface area contributed by atoms with Crippen LogP contribution in [0.2, 0.25) is 0 Å². The number of hydrogen-bond acceptors (Lipinski definition) is 2. The maximum atomic E-state index is 5.79. The van der Waals surface area contributed by atoms with Crippen molar-refractivity contribution < 1.29 is 4.42 Å². The maximum absolute atomic E-state index is 5.79. The van der Waals surface area contributed by atoms with E-state index in [0.29, 0.717) is 12.4 Å². The molecule has 0 unspecified atom stereocenters. The third kappa shape index (κ3) is 2.93. The standard InChI is InChI=1S/C10H16N2O/c1-10(2,3)9(11)12-6-8-4-5-13-7-8/h4-5,7H,6H2,1-3H3,(H2,11,12). The number of amidine groups is 1. The van der Waals surface area contributed by atoms with Gasteiger partial charge in [-0.05, 0) is 6.07 Å². The van der Waals surface area contributed by atoms with Gasteiger partial charge in [-0.15, -0.1) is 0 Å².